The molecule has 0 N–H and O–H groups in total. The number of nitrogens with zero attached hydrogens (tertiary/aromatic N) is 2. The van der Waals surface area contributed by atoms with Crippen LogP contribution in [0.25, 0.3) is 0 Å². The summed E-state index contributed by atoms with van der Waals surface area (Å²) in [6.45, 7) is 5.51. The summed E-state index contributed by atoms with van der Waals surface area (Å²) in [4.78, 5) is 31.9. The van der Waals surface area contributed by atoms with Crippen LogP contribution in [-0.4, -0.2) is 27.3 Å². The van der Waals surface area contributed by atoms with Crippen molar-refractivity contribution in [2.75, 3.05) is 0 Å². The molecule has 0 amide bonds. The maximum Gasteiger partial charge on any atom is 0.306 e. The topological polar surface area (TPSA) is 69.2 Å². The number of rotatable bonds is 2. The SMILES string of the molecule is CC(C)(C)OC(=O)CC1CCC(=O)c2nccnc21. The summed E-state index contributed by atoms with van der Waals surface area (Å²) in [6.07, 6.45) is 4.35. The summed E-state index contributed by atoms with van der Waals surface area (Å²) in [5, 5.41) is 0. The molecule has 1 atom stereocenters. The molecular weight excluding hydrogens is 244 g/mol. The molecule has 0 aromatic carbocycles. The predicted molar refractivity (Wildman–Crippen MR) is 68.8 cm³/mol. The number of aromatic nitrogens is 2. The lowest BCUT2D eigenvalue weighted by molar-refractivity contribution is -0.155. The van der Waals surface area contributed by atoms with E-state index in [0.717, 1.165) is 0 Å². The Kier molecular flexibility index (Phi) is 3.64. The molecule has 1 heterocycles. The summed E-state index contributed by atoms with van der Waals surface area (Å²) < 4.78 is 5.31. The monoisotopic (exact) mass is 262 g/mol. The second-order valence-corrected chi connectivity index (χ2v) is 5.74. The summed E-state index contributed by atoms with van der Waals surface area (Å²) in [7, 11) is 0. The minimum atomic E-state index is -0.493. The zero-order valence-electron chi connectivity index (χ0n) is 11.5. The van der Waals surface area contributed by atoms with Crippen LogP contribution in [0.1, 0.15) is 62.1 Å². The van der Waals surface area contributed by atoms with Crippen molar-refractivity contribution in [3.05, 3.63) is 23.8 Å². The van der Waals surface area contributed by atoms with Gasteiger partial charge in [-0.1, -0.05) is 0 Å². The molecule has 1 aliphatic carbocycles. The normalized spacial score (nSPS) is 18.9. The fraction of sp³-hybridized carbons (Fsp3) is 0.571. The first-order chi connectivity index (χ1) is 8.87. The Morgan fingerprint density at radius 2 is 2.05 bits per heavy atom. The molecule has 5 heteroatoms. The maximum atomic E-state index is 11.9. The van der Waals surface area contributed by atoms with E-state index in [1.807, 2.05) is 20.8 Å². The van der Waals surface area contributed by atoms with Crippen molar-refractivity contribution < 1.29 is 14.3 Å². The van der Waals surface area contributed by atoms with E-state index in [1.54, 1.807) is 6.20 Å². The van der Waals surface area contributed by atoms with Crippen LogP contribution in [0.3, 0.4) is 0 Å². The van der Waals surface area contributed by atoms with Gasteiger partial charge in [0.25, 0.3) is 0 Å². The van der Waals surface area contributed by atoms with Crippen LogP contribution in [-0.2, 0) is 9.53 Å². The third-order valence-electron chi connectivity index (χ3n) is 2.93. The molecule has 0 fully saturated rings. The molecular formula is C14H18N2O3. The van der Waals surface area contributed by atoms with Gasteiger partial charge >= 0.3 is 5.97 Å². The van der Waals surface area contributed by atoms with E-state index >= 15 is 0 Å². The highest BCUT2D eigenvalue weighted by molar-refractivity contribution is 5.96. The van der Waals surface area contributed by atoms with Crippen molar-refractivity contribution in [1.82, 2.24) is 9.97 Å². The van der Waals surface area contributed by atoms with Gasteiger partial charge in [0.1, 0.15) is 11.3 Å². The molecule has 1 aromatic rings. The highest BCUT2D eigenvalue weighted by atomic mass is 16.6. The van der Waals surface area contributed by atoms with Crippen LogP contribution < -0.4 is 0 Å². The standard InChI is InChI=1S/C14H18N2O3/c1-14(2,3)19-11(18)8-9-4-5-10(17)13-12(9)15-6-7-16-13/h6-7,9H,4-5,8H2,1-3H3. The summed E-state index contributed by atoms with van der Waals surface area (Å²) in [5.41, 5.74) is 0.541. The number of hydrogen-bond acceptors (Lipinski definition) is 5. The van der Waals surface area contributed by atoms with Crippen molar-refractivity contribution in [3.63, 3.8) is 0 Å². The molecule has 1 aromatic heterocycles. The molecule has 1 unspecified atom stereocenters. The Bertz CT molecular complexity index is 506. The Morgan fingerprint density at radius 3 is 2.74 bits per heavy atom. The average molecular weight is 262 g/mol. The van der Waals surface area contributed by atoms with Crippen LogP contribution in [0.2, 0.25) is 0 Å². The molecule has 5 nitrogen and oxygen atoms in total. The number of carbonyl (C=O) groups excluding carboxylic acids is 2. The second-order valence-electron chi connectivity index (χ2n) is 5.74. The summed E-state index contributed by atoms with van der Waals surface area (Å²) in [5.74, 6) is -0.330. The highest BCUT2D eigenvalue weighted by Crippen LogP contribution is 2.31. The van der Waals surface area contributed by atoms with Crippen LogP contribution in [0.4, 0.5) is 0 Å². The van der Waals surface area contributed by atoms with Gasteiger partial charge in [-0.2, -0.15) is 0 Å². The van der Waals surface area contributed by atoms with Crippen molar-refractivity contribution in [3.8, 4) is 0 Å². The fourth-order valence-corrected chi connectivity index (χ4v) is 2.21. The molecule has 0 bridgehead atoms. The first kappa shape index (κ1) is 13.6. The van der Waals surface area contributed by atoms with Gasteiger partial charge in [-0.15, -0.1) is 0 Å². The quantitative estimate of drug-likeness (QED) is 0.765. The largest absolute Gasteiger partial charge is 0.460 e. The fourth-order valence-electron chi connectivity index (χ4n) is 2.21. The number of esters is 1. The first-order valence-electron chi connectivity index (χ1n) is 6.43. The first-order valence-corrected chi connectivity index (χ1v) is 6.43. The van der Waals surface area contributed by atoms with Crippen molar-refractivity contribution in [2.45, 2.75) is 51.6 Å². The van der Waals surface area contributed by atoms with Gasteiger partial charge in [0.15, 0.2) is 5.78 Å². The minimum Gasteiger partial charge on any atom is -0.460 e. The van der Waals surface area contributed by atoms with Crippen LogP contribution >= 0.6 is 0 Å². The number of hydrogen-bond donors (Lipinski definition) is 0. The molecule has 2 rings (SSSR count). The number of carbonyl (C=O) groups is 2. The lowest BCUT2D eigenvalue weighted by Gasteiger charge is -2.24. The Morgan fingerprint density at radius 1 is 1.37 bits per heavy atom. The average Bonchev–Trinajstić information content (AvgIpc) is 2.31. The van der Waals surface area contributed by atoms with Crippen molar-refractivity contribution >= 4 is 11.8 Å². The van der Waals surface area contributed by atoms with Gasteiger partial charge in [0.2, 0.25) is 0 Å². The lowest BCUT2D eigenvalue weighted by atomic mass is 9.86. The minimum absolute atomic E-state index is 0.00328. The van der Waals surface area contributed by atoms with Gasteiger partial charge in [-0.05, 0) is 27.2 Å². The Balaban J connectivity index is 2.13. The van der Waals surface area contributed by atoms with Gasteiger partial charge in [0.05, 0.1) is 12.1 Å². The van der Waals surface area contributed by atoms with E-state index in [0.29, 0.717) is 24.2 Å². The number of ether oxygens (including phenoxy) is 1. The molecule has 19 heavy (non-hydrogen) atoms. The number of Topliss-reactive ketones (excluding diaryl/α,β-unsaturated/α-hetero) is 1. The third-order valence-corrected chi connectivity index (χ3v) is 2.93. The molecule has 0 saturated heterocycles. The number of ketones is 1. The molecule has 102 valence electrons. The van der Waals surface area contributed by atoms with Crippen LogP contribution in [0.15, 0.2) is 12.4 Å². The van der Waals surface area contributed by atoms with E-state index < -0.39 is 5.60 Å². The maximum absolute atomic E-state index is 11.9. The van der Waals surface area contributed by atoms with E-state index in [1.165, 1.54) is 6.20 Å². The molecule has 0 radical (unpaired) electrons. The summed E-state index contributed by atoms with van der Waals surface area (Å²) >= 11 is 0. The van der Waals surface area contributed by atoms with Crippen molar-refractivity contribution in [2.24, 2.45) is 0 Å². The Labute approximate surface area is 112 Å². The zero-order valence-corrected chi connectivity index (χ0v) is 11.5. The van der Waals surface area contributed by atoms with Gasteiger partial charge in [-0.25, -0.2) is 4.98 Å². The second kappa shape index (κ2) is 5.07. The third kappa shape index (κ3) is 3.36. The van der Waals surface area contributed by atoms with Crippen LogP contribution in [0.5, 0.6) is 0 Å². The molecule has 0 spiro atoms. The smallest absolute Gasteiger partial charge is 0.306 e. The van der Waals surface area contributed by atoms with E-state index in [-0.39, 0.29) is 24.1 Å². The van der Waals surface area contributed by atoms with E-state index in [4.69, 9.17) is 4.74 Å². The zero-order chi connectivity index (χ0) is 14.0. The van der Waals surface area contributed by atoms with Gasteiger partial charge < -0.3 is 4.74 Å². The lowest BCUT2D eigenvalue weighted by Crippen LogP contribution is -2.27. The predicted octanol–water partition coefficient (Wildman–Crippen LogP) is 2.27. The van der Waals surface area contributed by atoms with E-state index in [2.05, 4.69) is 9.97 Å². The Hall–Kier alpha value is -1.78. The molecule has 0 aliphatic heterocycles. The molecule has 1 aliphatic rings. The number of fused-ring (bicyclic) bond motifs is 1. The van der Waals surface area contributed by atoms with Gasteiger partial charge in [-0.3, -0.25) is 14.6 Å². The summed E-state index contributed by atoms with van der Waals surface area (Å²) in [6, 6.07) is 0. The van der Waals surface area contributed by atoms with Crippen LogP contribution in [0, 0.1) is 0 Å². The van der Waals surface area contributed by atoms with Crippen molar-refractivity contribution in [1.29, 1.82) is 0 Å². The van der Waals surface area contributed by atoms with E-state index in [9.17, 15) is 9.59 Å². The molecule has 0 saturated carbocycles. The highest BCUT2D eigenvalue weighted by Gasteiger charge is 2.30. The van der Waals surface area contributed by atoms with Gasteiger partial charge in [0, 0.05) is 24.7 Å².